The highest BCUT2D eigenvalue weighted by molar-refractivity contribution is 5.96. The predicted molar refractivity (Wildman–Crippen MR) is 57.4 cm³/mol. The molecular formula is C10H12N4O. The van der Waals surface area contributed by atoms with E-state index in [1.807, 2.05) is 24.3 Å². The molecule has 0 saturated heterocycles. The Labute approximate surface area is 87.4 Å². The van der Waals surface area contributed by atoms with Crippen LogP contribution < -0.4 is 11.1 Å². The summed E-state index contributed by atoms with van der Waals surface area (Å²) in [5.74, 6) is -0.225. The first-order valence-corrected chi connectivity index (χ1v) is 4.63. The Morgan fingerprint density at radius 3 is 2.87 bits per heavy atom. The Morgan fingerprint density at radius 2 is 2.13 bits per heavy atom. The third-order valence-electron chi connectivity index (χ3n) is 2.33. The van der Waals surface area contributed by atoms with Gasteiger partial charge >= 0.3 is 0 Å². The normalized spacial score (nSPS) is 15.2. The monoisotopic (exact) mass is 204 g/mol. The summed E-state index contributed by atoms with van der Waals surface area (Å²) in [5.41, 5.74) is 7.15. The zero-order valence-corrected chi connectivity index (χ0v) is 8.16. The molecule has 5 heteroatoms. The van der Waals surface area contributed by atoms with Crippen molar-refractivity contribution < 1.29 is 4.79 Å². The van der Waals surface area contributed by atoms with Crippen LogP contribution in [-0.4, -0.2) is 23.3 Å². The standard InChI is InChI=1S/C10H12N4O/c11-10(12)14-5-7-3-1-2-4-8(7)13-9(15)6-14/h1-4H,5-6H2,(H3,11,12)(H,13,15). The average Bonchev–Trinajstić information content (AvgIpc) is 2.35. The van der Waals surface area contributed by atoms with Gasteiger partial charge in [0.1, 0.15) is 6.54 Å². The van der Waals surface area contributed by atoms with Gasteiger partial charge in [0.25, 0.3) is 0 Å². The van der Waals surface area contributed by atoms with Gasteiger partial charge in [-0.25, -0.2) is 0 Å². The van der Waals surface area contributed by atoms with E-state index in [4.69, 9.17) is 11.1 Å². The number of nitrogens with one attached hydrogen (secondary N) is 2. The smallest absolute Gasteiger partial charge is 0.244 e. The summed E-state index contributed by atoms with van der Waals surface area (Å²) >= 11 is 0. The number of para-hydroxylation sites is 1. The lowest BCUT2D eigenvalue weighted by molar-refractivity contribution is -0.116. The zero-order valence-electron chi connectivity index (χ0n) is 8.16. The first-order valence-electron chi connectivity index (χ1n) is 4.63. The Morgan fingerprint density at radius 1 is 1.40 bits per heavy atom. The first kappa shape index (κ1) is 9.51. The number of rotatable bonds is 0. The fourth-order valence-corrected chi connectivity index (χ4v) is 1.58. The maximum Gasteiger partial charge on any atom is 0.244 e. The molecule has 0 atom stereocenters. The fraction of sp³-hybridized carbons (Fsp3) is 0.200. The molecule has 0 saturated carbocycles. The van der Waals surface area contributed by atoms with Crippen molar-refractivity contribution in [3.05, 3.63) is 29.8 Å². The molecule has 0 unspecified atom stereocenters. The van der Waals surface area contributed by atoms with Crippen LogP contribution in [0.5, 0.6) is 0 Å². The van der Waals surface area contributed by atoms with Crippen LogP contribution in [0.4, 0.5) is 5.69 Å². The highest BCUT2D eigenvalue weighted by Gasteiger charge is 2.19. The van der Waals surface area contributed by atoms with Gasteiger partial charge in [-0.15, -0.1) is 0 Å². The zero-order chi connectivity index (χ0) is 10.8. The Bertz CT molecular complexity index is 416. The molecule has 0 spiro atoms. The van der Waals surface area contributed by atoms with Gasteiger partial charge in [-0.05, 0) is 11.6 Å². The van der Waals surface area contributed by atoms with Crippen LogP contribution in [0.15, 0.2) is 24.3 Å². The number of hydrogen-bond acceptors (Lipinski definition) is 2. The van der Waals surface area contributed by atoms with E-state index >= 15 is 0 Å². The molecule has 0 aromatic heterocycles. The summed E-state index contributed by atoms with van der Waals surface area (Å²) in [6.45, 7) is 0.619. The summed E-state index contributed by atoms with van der Waals surface area (Å²) in [5, 5.41) is 10.1. The number of hydrogen-bond donors (Lipinski definition) is 3. The molecular weight excluding hydrogens is 192 g/mol. The summed E-state index contributed by atoms with van der Waals surface area (Å²) < 4.78 is 0. The Hall–Kier alpha value is -2.04. The lowest BCUT2D eigenvalue weighted by Gasteiger charge is -2.18. The van der Waals surface area contributed by atoms with E-state index in [1.165, 1.54) is 4.90 Å². The van der Waals surface area contributed by atoms with E-state index in [9.17, 15) is 4.79 Å². The van der Waals surface area contributed by atoms with E-state index in [2.05, 4.69) is 5.32 Å². The lowest BCUT2D eigenvalue weighted by atomic mass is 10.2. The minimum absolute atomic E-state index is 0.0816. The summed E-state index contributed by atoms with van der Waals surface area (Å²) in [6, 6.07) is 7.52. The highest BCUT2D eigenvalue weighted by Crippen LogP contribution is 2.19. The first-order chi connectivity index (χ1) is 7.16. The second kappa shape index (κ2) is 3.61. The summed E-state index contributed by atoms with van der Waals surface area (Å²) in [6.07, 6.45) is 0. The van der Waals surface area contributed by atoms with Crippen molar-refractivity contribution in [3.63, 3.8) is 0 Å². The van der Waals surface area contributed by atoms with Crippen molar-refractivity contribution in [2.75, 3.05) is 11.9 Å². The fourth-order valence-electron chi connectivity index (χ4n) is 1.58. The molecule has 0 bridgehead atoms. The van der Waals surface area contributed by atoms with E-state index < -0.39 is 0 Å². The minimum Gasteiger partial charge on any atom is -0.370 e. The Balaban J connectivity index is 2.35. The second-order valence-electron chi connectivity index (χ2n) is 3.45. The van der Waals surface area contributed by atoms with Gasteiger partial charge in [0, 0.05) is 12.2 Å². The quantitative estimate of drug-likeness (QED) is 0.421. The third kappa shape index (κ3) is 1.90. The largest absolute Gasteiger partial charge is 0.370 e. The number of fused-ring (bicyclic) bond motifs is 1. The number of guanidine groups is 1. The molecule has 0 aliphatic carbocycles. The van der Waals surface area contributed by atoms with E-state index in [-0.39, 0.29) is 18.4 Å². The van der Waals surface area contributed by atoms with Crippen molar-refractivity contribution in [2.45, 2.75) is 6.54 Å². The van der Waals surface area contributed by atoms with Gasteiger partial charge in [0.15, 0.2) is 5.96 Å². The van der Waals surface area contributed by atoms with E-state index in [0.717, 1.165) is 11.3 Å². The molecule has 1 aromatic carbocycles. The molecule has 0 fully saturated rings. The van der Waals surface area contributed by atoms with Crippen LogP contribution in [0.25, 0.3) is 0 Å². The van der Waals surface area contributed by atoms with Gasteiger partial charge in [0.05, 0.1) is 0 Å². The van der Waals surface area contributed by atoms with Crippen LogP contribution in [0.3, 0.4) is 0 Å². The Kier molecular flexibility index (Phi) is 2.29. The summed E-state index contributed by atoms with van der Waals surface area (Å²) in [7, 11) is 0. The number of carbonyl (C=O) groups excluding carboxylic acids is 1. The number of benzene rings is 1. The van der Waals surface area contributed by atoms with Crippen LogP contribution in [0, 0.1) is 5.41 Å². The van der Waals surface area contributed by atoms with Crippen molar-refractivity contribution in [3.8, 4) is 0 Å². The van der Waals surface area contributed by atoms with Gasteiger partial charge in [-0.3, -0.25) is 10.2 Å². The molecule has 1 amide bonds. The van der Waals surface area contributed by atoms with Crippen molar-refractivity contribution >= 4 is 17.6 Å². The van der Waals surface area contributed by atoms with Gasteiger partial charge in [-0.1, -0.05) is 18.2 Å². The van der Waals surface area contributed by atoms with E-state index in [1.54, 1.807) is 0 Å². The number of anilines is 1. The molecule has 0 radical (unpaired) electrons. The van der Waals surface area contributed by atoms with Crippen molar-refractivity contribution in [2.24, 2.45) is 5.73 Å². The molecule has 1 aromatic rings. The van der Waals surface area contributed by atoms with Crippen molar-refractivity contribution in [1.29, 1.82) is 5.41 Å². The maximum atomic E-state index is 11.5. The maximum absolute atomic E-state index is 11.5. The predicted octanol–water partition coefficient (Wildman–Crippen LogP) is 0.334. The molecule has 2 rings (SSSR count). The van der Waals surface area contributed by atoms with Crippen LogP contribution in [0.2, 0.25) is 0 Å². The molecule has 5 nitrogen and oxygen atoms in total. The molecule has 78 valence electrons. The van der Waals surface area contributed by atoms with Crippen LogP contribution in [0.1, 0.15) is 5.56 Å². The van der Waals surface area contributed by atoms with Crippen LogP contribution in [-0.2, 0) is 11.3 Å². The second-order valence-corrected chi connectivity index (χ2v) is 3.45. The SMILES string of the molecule is N=C(N)N1CC(=O)Nc2ccccc2C1. The highest BCUT2D eigenvalue weighted by atomic mass is 16.2. The average molecular weight is 204 g/mol. The lowest BCUT2D eigenvalue weighted by Crippen LogP contribution is -2.39. The number of nitrogens with zero attached hydrogens (tertiary/aromatic N) is 1. The topological polar surface area (TPSA) is 82.2 Å². The van der Waals surface area contributed by atoms with Crippen molar-refractivity contribution in [1.82, 2.24) is 4.90 Å². The summed E-state index contributed by atoms with van der Waals surface area (Å²) in [4.78, 5) is 13.0. The van der Waals surface area contributed by atoms with Gasteiger partial charge in [-0.2, -0.15) is 0 Å². The molecule has 15 heavy (non-hydrogen) atoms. The van der Waals surface area contributed by atoms with Gasteiger partial charge < -0.3 is 16.0 Å². The minimum atomic E-state index is -0.143. The number of carbonyl (C=O) groups is 1. The van der Waals surface area contributed by atoms with Gasteiger partial charge in [0.2, 0.25) is 5.91 Å². The molecule has 1 heterocycles. The number of amides is 1. The molecule has 1 aliphatic heterocycles. The van der Waals surface area contributed by atoms with E-state index in [0.29, 0.717) is 6.54 Å². The molecule has 1 aliphatic rings. The number of nitrogens with two attached hydrogens (primary N) is 1. The van der Waals surface area contributed by atoms with Crippen LogP contribution >= 0.6 is 0 Å². The molecule has 4 N–H and O–H groups in total. The third-order valence-corrected chi connectivity index (χ3v) is 2.33.